The number of aryl methyl sites for hydroxylation is 1. The van der Waals surface area contributed by atoms with Gasteiger partial charge in [0.15, 0.2) is 0 Å². The van der Waals surface area contributed by atoms with Gasteiger partial charge in [0.05, 0.1) is 11.0 Å². The smallest absolute Gasteiger partial charge is 0.264 e. The Labute approximate surface area is 118 Å². The fourth-order valence-electron chi connectivity index (χ4n) is 2.45. The molecule has 1 aromatic heterocycles. The van der Waals surface area contributed by atoms with Crippen molar-refractivity contribution in [3.63, 3.8) is 0 Å². The topological polar surface area (TPSA) is 43.8 Å². The minimum absolute atomic E-state index is 0.170. The van der Waals surface area contributed by atoms with Crippen LogP contribution in [0.2, 0.25) is 0 Å². The molecule has 1 saturated heterocycles. The second-order valence-corrected chi connectivity index (χ2v) is 5.99. The molecule has 1 fully saturated rings. The average Bonchev–Trinajstić information content (AvgIpc) is 2.86. The number of hydrogen-bond donors (Lipinski definition) is 1. The first-order valence-corrected chi connectivity index (χ1v) is 7.75. The van der Waals surface area contributed by atoms with E-state index >= 15 is 0 Å². The van der Waals surface area contributed by atoms with Crippen LogP contribution in [-0.4, -0.2) is 59.6 Å². The molecule has 1 aliphatic rings. The van der Waals surface area contributed by atoms with Crippen LogP contribution in [0.1, 0.15) is 29.1 Å². The molecule has 2 heterocycles. The third kappa shape index (κ3) is 3.55. The summed E-state index contributed by atoms with van der Waals surface area (Å²) in [4.78, 5) is 17.5. The van der Waals surface area contributed by atoms with Crippen LogP contribution >= 0.6 is 11.3 Å². The number of hydrogen-bond acceptors (Lipinski definition) is 4. The van der Waals surface area contributed by atoms with E-state index in [0.29, 0.717) is 6.54 Å². The molecule has 1 unspecified atom stereocenters. The number of thiophene rings is 1. The number of amides is 1. The molecule has 1 aliphatic heterocycles. The summed E-state index contributed by atoms with van der Waals surface area (Å²) in [6, 6.07) is 2.04. The van der Waals surface area contributed by atoms with Crippen LogP contribution < -0.4 is 0 Å². The van der Waals surface area contributed by atoms with Crippen LogP contribution in [0, 0.1) is 0 Å². The Balaban J connectivity index is 1.92. The van der Waals surface area contributed by atoms with Gasteiger partial charge in [-0.25, -0.2) is 0 Å². The van der Waals surface area contributed by atoms with Crippen LogP contribution in [0.4, 0.5) is 0 Å². The summed E-state index contributed by atoms with van der Waals surface area (Å²) in [7, 11) is 0. The molecule has 1 aromatic rings. The first-order valence-electron chi connectivity index (χ1n) is 6.88. The van der Waals surface area contributed by atoms with Gasteiger partial charge in [0, 0.05) is 32.7 Å². The predicted molar refractivity (Wildman–Crippen MR) is 77.7 cm³/mol. The van der Waals surface area contributed by atoms with Gasteiger partial charge in [-0.3, -0.25) is 9.69 Å². The molecular formula is C14H22N2O2S. The van der Waals surface area contributed by atoms with Crippen molar-refractivity contribution in [1.29, 1.82) is 0 Å². The molecule has 0 spiro atoms. The van der Waals surface area contributed by atoms with Gasteiger partial charge in [0.2, 0.25) is 0 Å². The second kappa shape index (κ2) is 6.50. The van der Waals surface area contributed by atoms with Gasteiger partial charge in [0.1, 0.15) is 0 Å². The number of aliphatic hydroxyl groups is 1. The third-order valence-electron chi connectivity index (χ3n) is 3.50. The molecule has 4 nitrogen and oxygen atoms in total. The van der Waals surface area contributed by atoms with Crippen LogP contribution in [0.3, 0.4) is 0 Å². The highest BCUT2D eigenvalue weighted by Crippen LogP contribution is 2.20. The lowest BCUT2D eigenvalue weighted by Crippen LogP contribution is -2.50. The van der Waals surface area contributed by atoms with Crippen molar-refractivity contribution in [3.8, 4) is 0 Å². The molecule has 0 bridgehead atoms. The number of carbonyl (C=O) groups is 1. The van der Waals surface area contributed by atoms with Crippen LogP contribution in [0.5, 0.6) is 0 Å². The minimum atomic E-state index is -0.300. The Morgan fingerprint density at radius 1 is 1.42 bits per heavy atom. The van der Waals surface area contributed by atoms with E-state index in [1.165, 1.54) is 0 Å². The van der Waals surface area contributed by atoms with Gasteiger partial charge < -0.3 is 10.0 Å². The normalized spacial score (nSPS) is 18.6. The Kier molecular flexibility index (Phi) is 4.96. The minimum Gasteiger partial charge on any atom is -0.392 e. The zero-order valence-corrected chi connectivity index (χ0v) is 12.4. The Bertz CT molecular complexity index is 423. The summed E-state index contributed by atoms with van der Waals surface area (Å²) in [6.07, 6.45) is 0.610. The van der Waals surface area contributed by atoms with Gasteiger partial charge in [-0.2, -0.15) is 0 Å². The maximum atomic E-state index is 12.4. The van der Waals surface area contributed by atoms with Crippen molar-refractivity contribution in [2.75, 3.05) is 32.7 Å². The third-order valence-corrected chi connectivity index (χ3v) is 4.45. The van der Waals surface area contributed by atoms with E-state index in [-0.39, 0.29) is 12.0 Å². The van der Waals surface area contributed by atoms with Gasteiger partial charge >= 0.3 is 0 Å². The van der Waals surface area contributed by atoms with Crippen molar-refractivity contribution in [3.05, 3.63) is 21.9 Å². The molecule has 106 valence electrons. The highest BCUT2D eigenvalue weighted by atomic mass is 32.1. The summed E-state index contributed by atoms with van der Waals surface area (Å²) in [5, 5.41) is 11.4. The lowest BCUT2D eigenvalue weighted by molar-refractivity contribution is 0.0557. The van der Waals surface area contributed by atoms with Gasteiger partial charge in [-0.1, -0.05) is 6.92 Å². The standard InChI is InChI=1S/C14H22N2O2S/c1-3-12-4-9-19-13(12)14(18)16-7-5-15(6-8-16)10-11(2)17/h4,9,11,17H,3,5-8,10H2,1-2H3. The van der Waals surface area contributed by atoms with Crippen molar-refractivity contribution in [2.45, 2.75) is 26.4 Å². The monoisotopic (exact) mass is 282 g/mol. The molecule has 5 heteroatoms. The average molecular weight is 282 g/mol. The number of piperazine rings is 1. The van der Waals surface area contributed by atoms with Gasteiger partial charge in [-0.05, 0) is 30.4 Å². The Morgan fingerprint density at radius 3 is 2.68 bits per heavy atom. The number of carbonyl (C=O) groups excluding carboxylic acids is 1. The van der Waals surface area contributed by atoms with E-state index in [0.717, 1.165) is 43.0 Å². The quantitative estimate of drug-likeness (QED) is 0.909. The first-order chi connectivity index (χ1) is 9.11. The largest absolute Gasteiger partial charge is 0.392 e. The molecule has 1 N–H and O–H groups in total. The second-order valence-electron chi connectivity index (χ2n) is 5.07. The highest BCUT2D eigenvalue weighted by Gasteiger charge is 2.24. The molecule has 0 radical (unpaired) electrons. The molecule has 2 rings (SSSR count). The number of nitrogens with zero attached hydrogens (tertiary/aromatic N) is 2. The fraction of sp³-hybridized carbons (Fsp3) is 0.643. The van der Waals surface area contributed by atoms with E-state index in [1.807, 2.05) is 16.3 Å². The number of aliphatic hydroxyl groups excluding tert-OH is 1. The zero-order valence-electron chi connectivity index (χ0n) is 11.6. The summed E-state index contributed by atoms with van der Waals surface area (Å²) < 4.78 is 0. The summed E-state index contributed by atoms with van der Waals surface area (Å²) in [5.74, 6) is 0.170. The first kappa shape index (κ1) is 14.5. The van der Waals surface area contributed by atoms with Gasteiger partial charge in [-0.15, -0.1) is 11.3 Å². The van der Waals surface area contributed by atoms with E-state index < -0.39 is 0 Å². The highest BCUT2D eigenvalue weighted by molar-refractivity contribution is 7.12. The summed E-state index contributed by atoms with van der Waals surface area (Å²) >= 11 is 1.54. The van der Waals surface area contributed by atoms with Crippen LogP contribution in [0.15, 0.2) is 11.4 Å². The van der Waals surface area contributed by atoms with Gasteiger partial charge in [0.25, 0.3) is 5.91 Å². The van der Waals surface area contributed by atoms with E-state index in [2.05, 4.69) is 11.8 Å². The Hall–Kier alpha value is -0.910. The Morgan fingerprint density at radius 2 is 2.11 bits per heavy atom. The van der Waals surface area contributed by atoms with Crippen molar-refractivity contribution in [1.82, 2.24) is 9.80 Å². The lowest BCUT2D eigenvalue weighted by atomic mass is 10.2. The molecule has 0 aromatic carbocycles. The lowest BCUT2D eigenvalue weighted by Gasteiger charge is -2.35. The van der Waals surface area contributed by atoms with Crippen molar-refractivity contribution >= 4 is 17.2 Å². The fourth-order valence-corrected chi connectivity index (χ4v) is 3.41. The SMILES string of the molecule is CCc1ccsc1C(=O)N1CCN(CC(C)O)CC1. The van der Waals surface area contributed by atoms with Crippen molar-refractivity contribution in [2.24, 2.45) is 0 Å². The zero-order chi connectivity index (χ0) is 13.8. The van der Waals surface area contributed by atoms with E-state index in [4.69, 9.17) is 0 Å². The molecule has 19 heavy (non-hydrogen) atoms. The number of β-amino-alcohol motifs (C(OH)–C–C–N with tert-alkyl or cyclic N) is 1. The van der Waals surface area contributed by atoms with Crippen LogP contribution in [-0.2, 0) is 6.42 Å². The molecule has 1 atom stereocenters. The van der Waals surface area contributed by atoms with E-state index in [1.54, 1.807) is 18.3 Å². The summed E-state index contributed by atoms with van der Waals surface area (Å²) in [6.45, 7) is 7.80. The maximum absolute atomic E-state index is 12.4. The van der Waals surface area contributed by atoms with Crippen molar-refractivity contribution < 1.29 is 9.90 Å². The predicted octanol–water partition coefficient (Wildman–Crippen LogP) is 1.45. The van der Waals surface area contributed by atoms with Crippen LogP contribution in [0.25, 0.3) is 0 Å². The maximum Gasteiger partial charge on any atom is 0.264 e. The summed E-state index contributed by atoms with van der Waals surface area (Å²) in [5.41, 5.74) is 1.15. The molecular weight excluding hydrogens is 260 g/mol. The molecule has 1 amide bonds. The van der Waals surface area contributed by atoms with E-state index in [9.17, 15) is 9.90 Å². The number of rotatable bonds is 4. The molecule has 0 saturated carbocycles. The molecule has 0 aliphatic carbocycles.